The van der Waals surface area contributed by atoms with Crippen LogP contribution in [0.1, 0.15) is 61.3 Å². The Morgan fingerprint density at radius 3 is 2.53 bits per heavy atom. The third kappa shape index (κ3) is 5.06. The zero-order valence-electron chi connectivity index (χ0n) is 20.8. The van der Waals surface area contributed by atoms with Crippen molar-refractivity contribution in [1.29, 1.82) is 5.26 Å². The number of thioether (sulfide) groups is 1. The number of ether oxygens (including phenoxy) is 1. The first-order valence-electron chi connectivity index (χ1n) is 12.2. The van der Waals surface area contributed by atoms with Crippen molar-refractivity contribution in [3.05, 3.63) is 61.8 Å². The third-order valence-electron chi connectivity index (χ3n) is 6.85. The highest BCUT2D eigenvalue weighted by molar-refractivity contribution is 8.26. The highest BCUT2D eigenvalue weighted by atomic mass is 32.2. The molecule has 2 aromatic rings. The molecule has 188 valence electrons. The Balaban J connectivity index is 1.74. The first kappa shape index (κ1) is 26.0. The number of aromatic nitrogens is 1. The second-order valence-corrected chi connectivity index (χ2v) is 10.6. The number of pyridine rings is 1. The molecule has 2 aliphatic rings. The van der Waals surface area contributed by atoms with Gasteiger partial charge in [-0.05, 0) is 56.0 Å². The Labute approximate surface area is 221 Å². The van der Waals surface area contributed by atoms with Gasteiger partial charge in [0.1, 0.15) is 27.5 Å². The molecule has 0 atom stereocenters. The smallest absolute Gasteiger partial charge is 0.270 e. The summed E-state index contributed by atoms with van der Waals surface area (Å²) < 4.78 is 7.37. The molecule has 1 aromatic carbocycles. The summed E-state index contributed by atoms with van der Waals surface area (Å²) in [5.74, 6) is 1.25. The standard InChI is InChI=1S/C27H30N4O3S2/c1-4-30-24(29-16-18-10-12-20(34-3)13-11-18)21(17(2)22(15-28)25(30)32)14-23-26(33)31(27(35)36-23)19-8-6-5-7-9-19/h10-14,19,29H,4-9,16H2,1-3H3/b23-14+. The van der Waals surface area contributed by atoms with Crippen molar-refractivity contribution in [2.75, 3.05) is 12.4 Å². The quantitative estimate of drug-likeness (QED) is 0.395. The molecule has 36 heavy (non-hydrogen) atoms. The van der Waals surface area contributed by atoms with Gasteiger partial charge in [0, 0.05) is 24.7 Å². The summed E-state index contributed by atoms with van der Waals surface area (Å²) in [5.41, 5.74) is 1.95. The number of hydrogen-bond donors (Lipinski definition) is 1. The van der Waals surface area contributed by atoms with Crippen LogP contribution in [-0.2, 0) is 17.9 Å². The maximum atomic E-state index is 13.4. The molecular weight excluding hydrogens is 492 g/mol. The zero-order chi connectivity index (χ0) is 25.8. The fraction of sp³-hybridized carbons (Fsp3) is 0.407. The molecule has 0 spiro atoms. The van der Waals surface area contributed by atoms with Gasteiger partial charge >= 0.3 is 0 Å². The van der Waals surface area contributed by atoms with Crippen molar-refractivity contribution < 1.29 is 9.53 Å². The van der Waals surface area contributed by atoms with Crippen LogP contribution in [-0.4, -0.2) is 32.8 Å². The highest BCUT2D eigenvalue weighted by Gasteiger charge is 2.37. The summed E-state index contributed by atoms with van der Waals surface area (Å²) in [6.07, 6.45) is 7.12. The Kier molecular flexibility index (Phi) is 8.17. The van der Waals surface area contributed by atoms with Crippen LogP contribution < -0.4 is 15.6 Å². The van der Waals surface area contributed by atoms with Crippen molar-refractivity contribution in [2.45, 2.75) is 65.1 Å². The van der Waals surface area contributed by atoms with Gasteiger partial charge in [0.2, 0.25) is 0 Å². The first-order valence-corrected chi connectivity index (χ1v) is 13.4. The monoisotopic (exact) mass is 522 g/mol. The number of carbonyl (C=O) groups excluding carboxylic acids is 1. The number of benzene rings is 1. The molecule has 1 saturated carbocycles. The van der Waals surface area contributed by atoms with Crippen LogP contribution in [0.25, 0.3) is 6.08 Å². The molecular formula is C27H30N4O3S2. The second kappa shape index (κ2) is 11.3. The molecule has 1 aliphatic heterocycles. The fourth-order valence-corrected chi connectivity index (χ4v) is 6.23. The minimum Gasteiger partial charge on any atom is -0.497 e. The molecule has 1 saturated heterocycles. The van der Waals surface area contributed by atoms with Crippen LogP contribution in [0.5, 0.6) is 5.75 Å². The molecule has 7 nitrogen and oxygen atoms in total. The average Bonchev–Trinajstić information content (AvgIpc) is 3.18. The summed E-state index contributed by atoms with van der Waals surface area (Å²) in [6, 6.07) is 9.87. The van der Waals surface area contributed by atoms with Gasteiger partial charge in [0.15, 0.2) is 0 Å². The number of thiocarbonyl (C=S) groups is 1. The van der Waals surface area contributed by atoms with E-state index in [9.17, 15) is 14.9 Å². The molecule has 1 amide bonds. The number of nitriles is 1. The zero-order valence-corrected chi connectivity index (χ0v) is 22.4. The number of hydrogen-bond acceptors (Lipinski definition) is 7. The molecule has 1 aromatic heterocycles. The van der Waals surface area contributed by atoms with Gasteiger partial charge in [-0.1, -0.05) is 55.4 Å². The Morgan fingerprint density at radius 2 is 1.92 bits per heavy atom. The van der Waals surface area contributed by atoms with E-state index < -0.39 is 0 Å². The molecule has 1 aliphatic carbocycles. The molecule has 1 N–H and O–H groups in total. The van der Waals surface area contributed by atoms with Crippen LogP contribution in [0.3, 0.4) is 0 Å². The summed E-state index contributed by atoms with van der Waals surface area (Å²) >= 11 is 6.90. The lowest BCUT2D eigenvalue weighted by Gasteiger charge is -2.29. The van der Waals surface area contributed by atoms with Crippen molar-refractivity contribution in [2.24, 2.45) is 0 Å². The van der Waals surface area contributed by atoms with E-state index in [4.69, 9.17) is 17.0 Å². The van der Waals surface area contributed by atoms with Gasteiger partial charge in [-0.25, -0.2) is 0 Å². The fourth-order valence-electron chi connectivity index (χ4n) is 4.85. The van der Waals surface area contributed by atoms with E-state index in [0.29, 0.717) is 39.3 Å². The van der Waals surface area contributed by atoms with Crippen LogP contribution >= 0.6 is 24.0 Å². The van der Waals surface area contributed by atoms with E-state index >= 15 is 0 Å². The molecule has 4 rings (SSSR count). The maximum Gasteiger partial charge on any atom is 0.270 e. The minimum absolute atomic E-state index is 0.0841. The van der Waals surface area contributed by atoms with Crippen molar-refractivity contribution in [3.8, 4) is 11.8 Å². The molecule has 0 unspecified atom stereocenters. The Hall–Kier alpha value is -3.09. The van der Waals surface area contributed by atoms with Crippen LogP contribution in [0.2, 0.25) is 0 Å². The normalized spacial score (nSPS) is 17.5. The number of nitrogens with one attached hydrogen (secondary N) is 1. The number of methoxy groups -OCH3 is 1. The number of nitrogens with zero attached hydrogens (tertiary/aromatic N) is 3. The lowest BCUT2D eigenvalue weighted by molar-refractivity contribution is -0.124. The maximum absolute atomic E-state index is 13.4. The SMILES string of the molecule is CCn1c(NCc2ccc(OC)cc2)c(/C=C2/SC(=S)N(C3CCCCC3)C2=O)c(C)c(C#N)c1=O. The molecule has 2 fully saturated rings. The van der Waals surface area contributed by atoms with E-state index in [1.165, 1.54) is 18.2 Å². The lowest BCUT2D eigenvalue weighted by atomic mass is 9.94. The molecule has 0 radical (unpaired) electrons. The molecule has 2 heterocycles. The lowest BCUT2D eigenvalue weighted by Crippen LogP contribution is -2.39. The van der Waals surface area contributed by atoms with Gasteiger partial charge in [-0.15, -0.1) is 0 Å². The van der Waals surface area contributed by atoms with Crippen LogP contribution in [0, 0.1) is 18.3 Å². The third-order valence-corrected chi connectivity index (χ3v) is 8.18. The van der Waals surface area contributed by atoms with E-state index in [0.717, 1.165) is 37.0 Å². The van der Waals surface area contributed by atoms with E-state index in [1.807, 2.05) is 31.2 Å². The van der Waals surface area contributed by atoms with Crippen LogP contribution in [0.15, 0.2) is 34.0 Å². The summed E-state index contributed by atoms with van der Waals surface area (Å²) in [6.45, 7) is 4.45. The number of rotatable bonds is 7. The van der Waals surface area contributed by atoms with Crippen LogP contribution in [0.4, 0.5) is 5.82 Å². The predicted octanol–water partition coefficient (Wildman–Crippen LogP) is 5.20. The van der Waals surface area contributed by atoms with E-state index in [-0.39, 0.29) is 23.1 Å². The van der Waals surface area contributed by atoms with Crippen molar-refractivity contribution in [3.63, 3.8) is 0 Å². The topological polar surface area (TPSA) is 87.4 Å². The molecule has 0 bridgehead atoms. The summed E-state index contributed by atoms with van der Waals surface area (Å²) in [7, 11) is 1.62. The van der Waals surface area contributed by atoms with E-state index in [2.05, 4.69) is 11.4 Å². The Bertz CT molecular complexity index is 1300. The highest BCUT2D eigenvalue weighted by Crippen LogP contribution is 2.38. The van der Waals surface area contributed by atoms with Gasteiger partial charge in [-0.3, -0.25) is 19.1 Å². The van der Waals surface area contributed by atoms with Crippen molar-refractivity contribution in [1.82, 2.24) is 9.47 Å². The van der Waals surface area contributed by atoms with Gasteiger partial charge in [0.25, 0.3) is 11.5 Å². The second-order valence-electron chi connectivity index (χ2n) is 8.97. The largest absolute Gasteiger partial charge is 0.497 e. The van der Waals surface area contributed by atoms with Gasteiger partial charge in [-0.2, -0.15) is 5.26 Å². The summed E-state index contributed by atoms with van der Waals surface area (Å²) in [5, 5.41) is 13.1. The minimum atomic E-state index is -0.346. The number of anilines is 1. The number of carbonyl (C=O) groups is 1. The number of amides is 1. The Morgan fingerprint density at radius 1 is 1.22 bits per heavy atom. The average molecular weight is 523 g/mol. The van der Waals surface area contributed by atoms with Gasteiger partial charge < -0.3 is 10.1 Å². The summed E-state index contributed by atoms with van der Waals surface area (Å²) in [4.78, 5) is 28.8. The van der Waals surface area contributed by atoms with Crippen molar-refractivity contribution >= 4 is 46.1 Å². The first-order chi connectivity index (χ1) is 17.4. The molecule has 9 heteroatoms. The van der Waals surface area contributed by atoms with Gasteiger partial charge in [0.05, 0.1) is 12.0 Å². The predicted molar refractivity (Wildman–Crippen MR) is 148 cm³/mol. The van der Waals surface area contributed by atoms with E-state index in [1.54, 1.807) is 29.6 Å².